The lowest BCUT2D eigenvalue weighted by atomic mass is 9.85. The van der Waals surface area contributed by atoms with Gasteiger partial charge in [0, 0.05) is 38.3 Å². The molecule has 146 valence electrons. The highest BCUT2D eigenvalue weighted by Gasteiger charge is 2.24. The van der Waals surface area contributed by atoms with Gasteiger partial charge in [-0.3, -0.25) is 9.67 Å². The van der Waals surface area contributed by atoms with Crippen LogP contribution in [0.5, 0.6) is 0 Å². The van der Waals surface area contributed by atoms with Crippen LogP contribution in [0, 0.1) is 5.92 Å². The normalized spacial score (nSPS) is 23.0. The fraction of sp³-hybridized carbons (Fsp3) is 0.800. The van der Waals surface area contributed by atoms with Crippen molar-refractivity contribution < 1.29 is 5.11 Å². The predicted octanol–water partition coefficient (Wildman–Crippen LogP) is 2.43. The lowest BCUT2D eigenvalue weighted by Gasteiger charge is -2.28. The monoisotopic (exact) mass is 361 g/mol. The van der Waals surface area contributed by atoms with Crippen molar-refractivity contribution in [2.45, 2.75) is 83.4 Å². The van der Waals surface area contributed by atoms with Gasteiger partial charge in [0.15, 0.2) is 5.96 Å². The molecule has 1 aromatic heterocycles. The van der Waals surface area contributed by atoms with E-state index in [-0.39, 0.29) is 6.10 Å². The number of nitrogens with one attached hydrogen (secondary N) is 2. The zero-order valence-corrected chi connectivity index (χ0v) is 16.5. The van der Waals surface area contributed by atoms with E-state index in [0.717, 1.165) is 38.1 Å². The Balaban J connectivity index is 1.49. The largest absolute Gasteiger partial charge is 0.391 e. The fourth-order valence-electron chi connectivity index (χ4n) is 4.18. The number of aromatic nitrogens is 2. The van der Waals surface area contributed by atoms with Crippen molar-refractivity contribution in [3.05, 3.63) is 17.5 Å². The zero-order valence-electron chi connectivity index (χ0n) is 16.5. The first-order chi connectivity index (χ1) is 12.6. The summed E-state index contributed by atoms with van der Waals surface area (Å²) in [6.45, 7) is 4.90. The molecule has 3 rings (SSSR count). The molecule has 2 aliphatic rings. The smallest absolute Gasteiger partial charge is 0.191 e. The summed E-state index contributed by atoms with van der Waals surface area (Å²) in [6, 6.07) is 0.749. The third kappa shape index (κ3) is 4.78. The van der Waals surface area contributed by atoms with Crippen LogP contribution in [0.2, 0.25) is 0 Å². The van der Waals surface area contributed by atoms with Crippen LogP contribution in [0.3, 0.4) is 0 Å². The molecule has 0 aliphatic heterocycles. The molecule has 1 aromatic rings. The molecule has 1 heterocycles. The zero-order chi connectivity index (χ0) is 18.5. The molecule has 26 heavy (non-hydrogen) atoms. The van der Waals surface area contributed by atoms with Gasteiger partial charge in [-0.05, 0) is 51.0 Å². The van der Waals surface area contributed by atoms with Crippen molar-refractivity contribution in [3.8, 4) is 0 Å². The minimum atomic E-state index is -0.284. The van der Waals surface area contributed by atoms with Gasteiger partial charge in [-0.1, -0.05) is 19.3 Å². The Morgan fingerprint density at radius 2 is 2.08 bits per heavy atom. The average molecular weight is 362 g/mol. The van der Waals surface area contributed by atoms with Crippen LogP contribution in [0.15, 0.2) is 11.2 Å². The highest BCUT2D eigenvalue weighted by atomic mass is 16.3. The van der Waals surface area contributed by atoms with Gasteiger partial charge in [0.1, 0.15) is 0 Å². The maximum Gasteiger partial charge on any atom is 0.191 e. The molecule has 0 saturated heterocycles. The second-order valence-electron chi connectivity index (χ2n) is 8.18. The quantitative estimate of drug-likeness (QED) is 0.556. The molecule has 3 N–H and O–H groups in total. The van der Waals surface area contributed by atoms with E-state index < -0.39 is 0 Å². The number of hydrogen-bond acceptors (Lipinski definition) is 3. The van der Waals surface area contributed by atoms with Crippen LogP contribution in [0.1, 0.15) is 69.7 Å². The summed E-state index contributed by atoms with van der Waals surface area (Å²) in [6.07, 6.45) is 11.1. The number of guanidine groups is 1. The summed E-state index contributed by atoms with van der Waals surface area (Å²) in [5, 5.41) is 22.0. The van der Waals surface area contributed by atoms with Gasteiger partial charge in [-0.2, -0.15) is 5.10 Å². The Morgan fingerprint density at radius 1 is 1.31 bits per heavy atom. The van der Waals surface area contributed by atoms with Crippen LogP contribution in [0.4, 0.5) is 0 Å². The van der Waals surface area contributed by atoms with E-state index in [9.17, 15) is 5.11 Å². The van der Waals surface area contributed by atoms with Crippen LogP contribution in [0.25, 0.3) is 0 Å². The van der Waals surface area contributed by atoms with E-state index in [0.29, 0.717) is 24.5 Å². The van der Waals surface area contributed by atoms with Crippen LogP contribution < -0.4 is 10.6 Å². The molecule has 6 nitrogen and oxygen atoms in total. The summed E-state index contributed by atoms with van der Waals surface area (Å²) < 4.78 is 2.07. The molecule has 0 spiro atoms. The third-order valence-corrected chi connectivity index (χ3v) is 5.86. The Hall–Kier alpha value is -1.56. The topological polar surface area (TPSA) is 74.5 Å². The van der Waals surface area contributed by atoms with Crippen LogP contribution >= 0.6 is 0 Å². The first kappa shape index (κ1) is 19.2. The molecule has 2 atom stereocenters. The average Bonchev–Trinajstić information content (AvgIpc) is 3.09. The summed E-state index contributed by atoms with van der Waals surface area (Å²) in [5.41, 5.74) is 2.59. The molecule has 0 amide bonds. The summed E-state index contributed by atoms with van der Waals surface area (Å²) >= 11 is 0. The van der Waals surface area contributed by atoms with Gasteiger partial charge in [-0.25, -0.2) is 0 Å². The lowest BCUT2D eigenvalue weighted by Crippen LogP contribution is -2.48. The van der Waals surface area contributed by atoms with Crippen LogP contribution in [-0.4, -0.2) is 46.6 Å². The number of aliphatic imine (C=N–C) groups is 1. The maximum absolute atomic E-state index is 10.5. The Bertz CT molecular complexity index is 603. The molecule has 1 saturated carbocycles. The summed E-state index contributed by atoms with van der Waals surface area (Å²) in [4.78, 5) is 4.35. The van der Waals surface area contributed by atoms with E-state index in [1.54, 1.807) is 7.05 Å². The van der Waals surface area contributed by atoms with E-state index in [1.165, 1.54) is 30.5 Å². The molecule has 0 bridgehead atoms. The molecule has 1 fully saturated rings. The van der Waals surface area contributed by atoms with Gasteiger partial charge in [-0.15, -0.1) is 0 Å². The van der Waals surface area contributed by atoms with Crippen molar-refractivity contribution in [1.82, 2.24) is 20.4 Å². The van der Waals surface area contributed by atoms with Crippen molar-refractivity contribution >= 4 is 5.96 Å². The molecular weight excluding hydrogens is 326 g/mol. The minimum Gasteiger partial charge on any atom is -0.391 e. The second kappa shape index (κ2) is 8.89. The predicted molar refractivity (Wildman–Crippen MR) is 106 cm³/mol. The van der Waals surface area contributed by atoms with E-state index in [4.69, 9.17) is 5.10 Å². The molecule has 2 aliphatic carbocycles. The molecule has 2 unspecified atom stereocenters. The highest BCUT2D eigenvalue weighted by molar-refractivity contribution is 5.80. The van der Waals surface area contributed by atoms with E-state index >= 15 is 0 Å². The van der Waals surface area contributed by atoms with Crippen molar-refractivity contribution in [3.63, 3.8) is 0 Å². The van der Waals surface area contributed by atoms with Gasteiger partial charge in [0.25, 0.3) is 0 Å². The number of aliphatic hydroxyl groups excluding tert-OH is 1. The van der Waals surface area contributed by atoms with Gasteiger partial charge in [0.05, 0.1) is 11.8 Å². The summed E-state index contributed by atoms with van der Waals surface area (Å²) in [7, 11) is 1.80. The second-order valence-corrected chi connectivity index (χ2v) is 8.18. The number of hydrogen-bond donors (Lipinski definition) is 3. The Labute approximate surface area is 157 Å². The first-order valence-corrected chi connectivity index (χ1v) is 10.3. The number of rotatable bonds is 5. The van der Waals surface area contributed by atoms with Gasteiger partial charge < -0.3 is 15.7 Å². The molecular formula is C20H35N5O. The van der Waals surface area contributed by atoms with Gasteiger partial charge >= 0.3 is 0 Å². The molecule has 0 aromatic carbocycles. The Kier molecular flexibility index (Phi) is 6.57. The number of fused-ring (bicyclic) bond motifs is 1. The number of aryl methyl sites for hydroxylation is 1. The Morgan fingerprint density at radius 3 is 2.77 bits per heavy atom. The van der Waals surface area contributed by atoms with E-state index in [2.05, 4.69) is 40.4 Å². The third-order valence-electron chi connectivity index (χ3n) is 5.86. The summed E-state index contributed by atoms with van der Waals surface area (Å²) in [5.74, 6) is 1.23. The first-order valence-electron chi connectivity index (χ1n) is 10.3. The molecule has 0 radical (unpaired) electrons. The SMILES string of the molecule is CN=C(NCC(O)C1CCCCC1)NC1CCc2cn(C(C)C)nc2C1. The molecule has 6 heteroatoms. The van der Waals surface area contributed by atoms with Crippen molar-refractivity contribution in [1.29, 1.82) is 0 Å². The minimum absolute atomic E-state index is 0.284. The number of nitrogens with zero attached hydrogens (tertiary/aromatic N) is 3. The lowest BCUT2D eigenvalue weighted by molar-refractivity contribution is 0.0879. The van der Waals surface area contributed by atoms with E-state index in [1.807, 2.05) is 0 Å². The van der Waals surface area contributed by atoms with Crippen molar-refractivity contribution in [2.75, 3.05) is 13.6 Å². The standard InChI is InChI=1S/C20H35N5O/c1-14(2)25-13-16-9-10-17(11-18(16)24-25)23-20(21-3)22-12-19(26)15-7-5-4-6-8-15/h13-15,17,19,26H,4-12H2,1-3H3,(H2,21,22,23). The maximum atomic E-state index is 10.5. The van der Waals surface area contributed by atoms with Crippen molar-refractivity contribution in [2.24, 2.45) is 10.9 Å². The van der Waals surface area contributed by atoms with Gasteiger partial charge in [0.2, 0.25) is 0 Å². The fourth-order valence-corrected chi connectivity index (χ4v) is 4.18. The highest BCUT2D eigenvalue weighted by Crippen LogP contribution is 2.26. The van der Waals surface area contributed by atoms with Crippen LogP contribution in [-0.2, 0) is 12.8 Å². The number of aliphatic hydroxyl groups is 1.